The maximum Gasteiger partial charge on any atom is 0.345 e. The average molecular weight is 348 g/mol. The molecule has 0 aromatic heterocycles. The number of likely N-dealkylation sites (N-methyl/N-ethyl adjacent to an activating group) is 1. The number of rotatable bonds is 4. The van der Waals surface area contributed by atoms with E-state index < -0.39 is 10.9 Å². The van der Waals surface area contributed by atoms with Gasteiger partial charge < -0.3 is 9.47 Å². The Labute approximate surface area is 144 Å². The summed E-state index contributed by atoms with van der Waals surface area (Å²) in [5.74, 6) is -1.01. The summed E-state index contributed by atoms with van der Waals surface area (Å²) in [7, 11) is 1.97. The number of piperidine rings is 1. The zero-order valence-electron chi connectivity index (χ0n) is 14.1. The molecule has 3 rings (SSSR count). The van der Waals surface area contributed by atoms with E-state index in [1.807, 2.05) is 7.05 Å². The number of para-hydroxylation sites is 1. The summed E-state index contributed by atoms with van der Waals surface area (Å²) in [5.41, 5.74) is -0.309. The van der Waals surface area contributed by atoms with Crippen molar-refractivity contribution in [3.05, 3.63) is 39.9 Å². The van der Waals surface area contributed by atoms with Crippen LogP contribution in [0.1, 0.15) is 36.5 Å². The number of carbonyl (C=O) groups excluding carboxylic acids is 2. The smallest absolute Gasteiger partial charge is 0.345 e. The lowest BCUT2D eigenvalue weighted by atomic mass is 10.00. The van der Waals surface area contributed by atoms with Crippen LogP contribution in [0.5, 0.6) is 0 Å². The van der Waals surface area contributed by atoms with Gasteiger partial charge in [0.2, 0.25) is 0 Å². The number of esters is 2. The van der Waals surface area contributed by atoms with Gasteiger partial charge >= 0.3 is 11.9 Å². The Bertz CT molecular complexity index is 706. The second kappa shape index (κ2) is 6.79. The van der Waals surface area contributed by atoms with Crippen molar-refractivity contribution in [1.29, 1.82) is 0 Å². The summed E-state index contributed by atoms with van der Waals surface area (Å²) in [6.07, 6.45) is 1.32. The summed E-state index contributed by atoms with van der Waals surface area (Å²) in [5, 5.41) is 11.1. The largest absolute Gasteiger partial charge is 0.461 e. The van der Waals surface area contributed by atoms with Gasteiger partial charge in [-0.05, 0) is 13.1 Å². The highest BCUT2D eigenvalue weighted by atomic mass is 16.6. The van der Waals surface area contributed by atoms with Crippen LogP contribution in [0, 0.1) is 10.1 Å². The van der Waals surface area contributed by atoms with Crippen LogP contribution in [-0.2, 0) is 14.3 Å². The van der Waals surface area contributed by atoms with Crippen LogP contribution >= 0.6 is 0 Å². The fraction of sp³-hybridized carbons (Fsp3) is 0.529. The zero-order valence-corrected chi connectivity index (χ0v) is 14.1. The van der Waals surface area contributed by atoms with E-state index >= 15 is 0 Å². The molecule has 0 saturated carbocycles. The fourth-order valence-electron chi connectivity index (χ4n) is 3.83. The van der Waals surface area contributed by atoms with Crippen LogP contribution in [0.15, 0.2) is 24.3 Å². The predicted octanol–water partition coefficient (Wildman–Crippen LogP) is 1.92. The maximum atomic E-state index is 12.4. The number of ether oxygens (including phenoxy) is 2. The Hall–Kier alpha value is -2.48. The number of benzene rings is 1. The van der Waals surface area contributed by atoms with E-state index in [2.05, 4.69) is 4.90 Å². The first-order valence-corrected chi connectivity index (χ1v) is 8.20. The molecule has 1 aromatic carbocycles. The topological polar surface area (TPSA) is 99.0 Å². The van der Waals surface area contributed by atoms with E-state index in [9.17, 15) is 19.7 Å². The van der Waals surface area contributed by atoms with Gasteiger partial charge in [0.1, 0.15) is 17.8 Å². The lowest BCUT2D eigenvalue weighted by Crippen LogP contribution is -2.46. The van der Waals surface area contributed by atoms with Crippen molar-refractivity contribution in [3.63, 3.8) is 0 Å². The number of nitro benzene ring substituents is 1. The van der Waals surface area contributed by atoms with Gasteiger partial charge in [-0.25, -0.2) is 4.79 Å². The quantitative estimate of drug-likeness (QED) is 0.465. The van der Waals surface area contributed by atoms with Crippen LogP contribution in [0.4, 0.5) is 5.69 Å². The van der Waals surface area contributed by atoms with Gasteiger partial charge in [0, 0.05) is 38.3 Å². The molecule has 8 heteroatoms. The molecule has 0 unspecified atom stereocenters. The highest BCUT2D eigenvalue weighted by Crippen LogP contribution is 2.38. The molecule has 2 aliphatic heterocycles. The number of hydrogen-bond donors (Lipinski definition) is 0. The van der Waals surface area contributed by atoms with Gasteiger partial charge in [0.15, 0.2) is 0 Å². The highest BCUT2D eigenvalue weighted by Gasteiger charge is 2.47. The third-order valence-electron chi connectivity index (χ3n) is 4.98. The Kier molecular flexibility index (Phi) is 4.71. The van der Waals surface area contributed by atoms with Gasteiger partial charge in [-0.1, -0.05) is 12.1 Å². The lowest BCUT2D eigenvalue weighted by Gasteiger charge is -2.36. The summed E-state index contributed by atoms with van der Waals surface area (Å²) in [4.78, 5) is 36.3. The minimum atomic E-state index is -0.690. The van der Waals surface area contributed by atoms with Gasteiger partial charge in [0.25, 0.3) is 5.69 Å². The fourth-order valence-corrected chi connectivity index (χ4v) is 3.83. The minimum Gasteiger partial charge on any atom is -0.461 e. The zero-order chi connectivity index (χ0) is 18.1. The van der Waals surface area contributed by atoms with E-state index in [0.717, 1.165) is 0 Å². The van der Waals surface area contributed by atoms with Crippen LogP contribution in [0.2, 0.25) is 0 Å². The molecule has 2 heterocycles. The van der Waals surface area contributed by atoms with E-state index in [4.69, 9.17) is 9.47 Å². The van der Waals surface area contributed by atoms with Crippen LogP contribution in [0.25, 0.3) is 0 Å². The molecule has 2 fully saturated rings. The molecule has 0 amide bonds. The second-order valence-electron chi connectivity index (χ2n) is 6.54. The maximum absolute atomic E-state index is 12.4. The predicted molar refractivity (Wildman–Crippen MR) is 87.0 cm³/mol. The van der Waals surface area contributed by atoms with Crippen molar-refractivity contribution in [2.24, 2.45) is 0 Å². The van der Waals surface area contributed by atoms with Gasteiger partial charge in [-0.15, -0.1) is 0 Å². The van der Waals surface area contributed by atoms with E-state index in [0.29, 0.717) is 19.3 Å². The second-order valence-corrected chi connectivity index (χ2v) is 6.54. The van der Waals surface area contributed by atoms with Crippen LogP contribution < -0.4 is 0 Å². The van der Waals surface area contributed by atoms with Crippen molar-refractivity contribution in [3.8, 4) is 0 Å². The van der Waals surface area contributed by atoms with Crippen LogP contribution in [-0.4, -0.2) is 53.1 Å². The van der Waals surface area contributed by atoms with Crippen LogP contribution in [0.3, 0.4) is 0 Å². The Balaban J connectivity index is 1.70. The molecule has 0 aliphatic carbocycles. The highest BCUT2D eigenvalue weighted by molar-refractivity contribution is 5.93. The van der Waals surface area contributed by atoms with Gasteiger partial charge in [0.05, 0.1) is 11.0 Å². The summed E-state index contributed by atoms with van der Waals surface area (Å²) < 4.78 is 10.9. The molecule has 2 saturated heterocycles. The number of nitro groups is 1. The minimum absolute atomic E-state index is 0.00814. The van der Waals surface area contributed by atoms with E-state index in [1.54, 1.807) is 6.07 Å². The third-order valence-corrected chi connectivity index (χ3v) is 4.98. The Morgan fingerprint density at radius 3 is 2.60 bits per heavy atom. The molecule has 2 aliphatic rings. The SMILES string of the molecule is CC(=O)O[C@H]1C[C@@H]2C[C@H](OC(=O)c3ccccc3[N+](=O)[O-])C[C@H]1N2C. The molecule has 0 N–H and O–H groups in total. The molecular weight excluding hydrogens is 328 g/mol. The number of hydrogen-bond acceptors (Lipinski definition) is 7. The van der Waals surface area contributed by atoms with Crippen molar-refractivity contribution >= 4 is 17.6 Å². The molecule has 0 spiro atoms. The normalized spacial score (nSPS) is 28.4. The van der Waals surface area contributed by atoms with Crippen molar-refractivity contribution in [2.45, 2.75) is 50.5 Å². The summed E-state index contributed by atoms with van der Waals surface area (Å²) in [6, 6.07) is 5.91. The first-order valence-electron chi connectivity index (χ1n) is 8.20. The first-order chi connectivity index (χ1) is 11.9. The van der Waals surface area contributed by atoms with Crippen molar-refractivity contribution in [1.82, 2.24) is 4.90 Å². The monoisotopic (exact) mass is 348 g/mol. The Morgan fingerprint density at radius 2 is 1.92 bits per heavy atom. The summed E-state index contributed by atoms with van der Waals surface area (Å²) >= 11 is 0. The standard InChI is InChI=1S/C17H20N2O6/c1-10(20)24-16-8-11-7-12(9-15(16)18(11)2)25-17(21)13-5-3-4-6-14(13)19(22)23/h3-6,11-12,15-16H,7-9H2,1-2H3/t11-,12-,15+,16-/m0/s1. The van der Waals surface area contributed by atoms with Crippen molar-refractivity contribution in [2.75, 3.05) is 7.05 Å². The molecule has 4 atom stereocenters. The first kappa shape index (κ1) is 17.3. The Morgan fingerprint density at radius 1 is 1.20 bits per heavy atom. The number of carbonyl (C=O) groups is 2. The molecule has 0 radical (unpaired) electrons. The van der Waals surface area contributed by atoms with Gasteiger partial charge in [-0.3, -0.25) is 19.8 Å². The van der Waals surface area contributed by atoms with Gasteiger partial charge in [-0.2, -0.15) is 0 Å². The number of fused-ring (bicyclic) bond motifs is 2. The number of nitrogens with zero attached hydrogens (tertiary/aromatic N) is 2. The molecule has 8 nitrogen and oxygen atoms in total. The van der Waals surface area contributed by atoms with E-state index in [-0.39, 0.29) is 41.5 Å². The molecule has 1 aromatic rings. The third kappa shape index (κ3) is 3.48. The van der Waals surface area contributed by atoms with Crippen molar-refractivity contribution < 1.29 is 24.0 Å². The summed E-state index contributed by atoms with van der Waals surface area (Å²) in [6.45, 7) is 1.38. The average Bonchev–Trinajstić information content (AvgIpc) is 2.73. The lowest BCUT2D eigenvalue weighted by molar-refractivity contribution is -0.385. The molecule has 134 valence electrons. The molecule has 2 bridgehead atoms. The van der Waals surface area contributed by atoms with E-state index in [1.165, 1.54) is 25.1 Å². The molecule has 25 heavy (non-hydrogen) atoms. The molecular formula is C17H20N2O6.